The maximum Gasteiger partial charge on any atom is 0.248 e. The van der Waals surface area contributed by atoms with E-state index in [-0.39, 0.29) is 18.1 Å². The molecule has 0 heterocycles. The summed E-state index contributed by atoms with van der Waals surface area (Å²) in [6.45, 7) is 1.98. The lowest BCUT2D eigenvalue weighted by Gasteiger charge is -2.06. The summed E-state index contributed by atoms with van der Waals surface area (Å²) in [6.07, 6.45) is 0.229. The number of thioether (sulfide) groups is 1. The standard InChI is InChI=1S/C13H15N3O4S/c1-8-2-4-9(5-3-8)21-7-12(17)14-15-13(18)10-6-11(10)16(19)20/h2-5,10-11H,6-7H2,1H3,(H,14,17)(H,15,18)/t10-,11-/m0/s1. The van der Waals surface area contributed by atoms with E-state index < -0.39 is 22.8 Å². The first-order valence-electron chi connectivity index (χ1n) is 6.39. The Morgan fingerprint density at radius 2 is 2.00 bits per heavy atom. The van der Waals surface area contributed by atoms with E-state index in [1.165, 1.54) is 11.8 Å². The SMILES string of the molecule is Cc1ccc(SCC(=O)NNC(=O)[C@H]2C[C@@H]2[N+](=O)[O-])cc1. The fourth-order valence-corrected chi connectivity index (χ4v) is 2.44. The number of hydrazine groups is 1. The average molecular weight is 309 g/mol. The average Bonchev–Trinajstić information content (AvgIpc) is 3.25. The molecule has 0 saturated heterocycles. The van der Waals surface area contributed by atoms with E-state index in [4.69, 9.17) is 0 Å². The molecule has 21 heavy (non-hydrogen) atoms. The molecule has 2 amide bonds. The van der Waals surface area contributed by atoms with Gasteiger partial charge in [-0.1, -0.05) is 17.7 Å². The summed E-state index contributed by atoms with van der Waals surface area (Å²) in [4.78, 5) is 34.0. The third-order valence-corrected chi connectivity index (χ3v) is 4.09. The highest BCUT2D eigenvalue weighted by atomic mass is 32.2. The summed E-state index contributed by atoms with van der Waals surface area (Å²) in [6, 6.07) is 6.92. The Balaban J connectivity index is 1.67. The Labute approximate surface area is 125 Å². The number of hydrogen-bond acceptors (Lipinski definition) is 5. The predicted octanol–water partition coefficient (Wildman–Crippen LogP) is 0.900. The van der Waals surface area contributed by atoms with Crippen molar-refractivity contribution in [3.05, 3.63) is 39.9 Å². The number of carbonyl (C=O) groups is 2. The first kappa shape index (κ1) is 15.3. The molecule has 8 heteroatoms. The second-order valence-electron chi connectivity index (χ2n) is 4.83. The van der Waals surface area contributed by atoms with Crippen molar-refractivity contribution in [1.82, 2.24) is 10.9 Å². The lowest BCUT2D eigenvalue weighted by atomic mass is 10.2. The lowest BCUT2D eigenvalue weighted by molar-refractivity contribution is -0.497. The summed E-state index contributed by atoms with van der Waals surface area (Å²) >= 11 is 1.35. The van der Waals surface area contributed by atoms with Crippen molar-refractivity contribution >= 4 is 23.6 Å². The number of amides is 2. The second kappa shape index (κ2) is 6.57. The minimum absolute atomic E-state index is 0.159. The molecule has 0 aromatic heterocycles. The second-order valence-corrected chi connectivity index (χ2v) is 5.88. The van der Waals surface area contributed by atoms with Gasteiger partial charge in [-0.2, -0.15) is 0 Å². The lowest BCUT2D eigenvalue weighted by Crippen LogP contribution is -2.43. The van der Waals surface area contributed by atoms with E-state index in [0.29, 0.717) is 0 Å². The van der Waals surface area contributed by atoms with Gasteiger partial charge in [-0.3, -0.25) is 30.6 Å². The zero-order chi connectivity index (χ0) is 15.4. The first-order chi connectivity index (χ1) is 9.97. The van der Waals surface area contributed by atoms with Crippen molar-refractivity contribution in [2.24, 2.45) is 5.92 Å². The quantitative estimate of drug-likeness (QED) is 0.478. The van der Waals surface area contributed by atoms with E-state index in [1.807, 2.05) is 31.2 Å². The minimum atomic E-state index is -0.816. The van der Waals surface area contributed by atoms with Crippen LogP contribution in [0.4, 0.5) is 0 Å². The summed E-state index contributed by atoms with van der Waals surface area (Å²) in [7, 11) is 0. The molecule has 0 aliphatic heterocycles. The Morgan fingerprint density at radius 1 is 1.33 bits per heavy atom. The van der Waals surface area contributed by atoms with Crippen LogP contribution in [0.1, 0.15) is 12.0 Å². The Morgan fingerprint density at radius 3 is 2.57 bits per heavy atom. The van der Waals surface area contributed by atoms with Crippen molar-refractivity contribution in [2.45, 2.75) is 24.3 Å². The topological polar surface area (TPSA) is 101 Å². The number of nitrogens with zero attached hydrogens (tertiary/aromatic N) is 1. The van der Waals surface area contributed by atoms with Crippen LogP contribution >= 0.6 is 11.8 Å². The van der Waals surface area contributed by atoms with Gasteiger partial charge < -0.3 is 0 Å². The molecule has 1 aromatic carbocycles. The zero-order valence-corrected chi connectivity index (χ0v) is 12.2. The molecule has 1 saturated carbocycles. The Kier molecular flexibility index (Phi) is 4.79. The van der Waals surface area contributed by atoms with Crippen LogP contribution < -0.4 is 10.9 Å². The van der Waals surface area contributed by atoms with Gasteiger partial charge in [0.15, 0.2) is 0 Å². The third kappa shape index (κ3) is 4.45. The smallest absolute Gasteiger partial charge is 0.248 e. The molecule has 1 aliphatic carbocycles. The predicted molar refractivity (Wildman–Crippen MR) is 77.1 cm³/mol. The van der Waals surface area contributed by atoms with Crippen molar-refractivity contribution in [3.63, 3.8) is 0 Å². The zero-order valence-electron chi connectivity index (χ0n) is 11.4. The van der Waals surface area contributed by atoms with Crippen LogP contribution in [0.2, 0.25) is 0 Å². The van der Waals surface area contributed by atoms with E-state index in [0.717, 1.165) is 10.5 Å². The van der Waals surface area contributed by atoms with Crippen LogP contribution in [-0.4, -0.2) is 28.5 Å². The summed E-state index contributed by atoms with van der Waals surface area (Å²) in [5, 5.41) is 10.4. The summed E-state index contributed by atoms with van der Waals surface area (Å²) < 4.78 is 0. The van der Waals surface area contributed by atoms with Gasteiger partial charge in [-0.15, -0.1) is 11.8 Å². The van der Waals surface area contributed by atoms with Gasteiger partial charge in [0, 0.05) is 16.2 Å². The number of nitrogens with one attached hydrogen (secondary N) is 2. The highest BCUT2D eigenvalue weighted by Crippen LogP contribution is 2.32. The highest BCUT2D eigenvalue weighted by Gasteiger charge is 2.53. The summed E-state index contributed by atoms with van der Waals surface area (Å²) in [5.41, 5.74) is 5.62. The van der Waals surface area contributed by atoms with Gasteiger partial charge in [0.25, 0.3) is 0 Å². The molecule has 0 radical (unpaired) electrons. The number of rotatable bonds is 5. The molecule has 2 N–H and O–H groups in total. The third-order valence-electron chi connectivity index (χ3n) is 3.08. The molecule has 1 aromatic rings. The van der Waals surface area contributed by atoms with Crippen LogP contribution in [0.25, 0.3) is 0 Å². The normalized spacial score (nSPS) is 19.7. The maximum atomic E-state index is 11.6. The van der Waals surface area contributed by atoms with Gasteiger partial charge in [0.1, 0.15) is 5.92 Å². The minimum Gasteiger partial charge on any atom is -0.273 e. The molecule has 2 rings (SSSR count). The molecule has 1 fully saturated rings. The van der Waals surface area contributed by atoms with Gasteiger partial charge in [0.05, 0.1) is 5.75 Å². The van der Waals surface area contributed by atoms with E-state index in [9.17, 15) is 19.7 Å². The van der Waals surface area contributed by atoms with Gasteiger partial charge >= 0.3 is 0 Å². The number of benzene rings is 1. The van der Waals surface area contributed by atoms with Crippen molar-refractivity contribution in [1.29, 1.82) is 0 Å². The van der Waals surface area contributed by atoms with Crippen molar-refractivity contribution < 1.29 is 14.5 Å². The molecule has 7 nitrogen and oxygen atoms in total. The van der Waals surface area contributed by atoms with Crippen LogP contribution in [0.3, 0.4) is 0 Å². The molecular formula is C13H15N3O4S. The highest BCUT2D eigenvalue weighted by molar-refractivity contribution is 8.00. The van der Waals surface area contributed by atoms with Gasteiger partial charge in [0.2, 0.25) is 17.9 Å². The first-order valence-corrected chi connectivity index (χ1v) is 7.37. The van der Waals surface area contributed by atoms with E-state index in [1.54, 1.807) is 0 Å². The van der Waals surface area contributed by atoms with Crippen molar-refractivity contribution in [2.75, 3.05) is 5.75 Å². The van der Waals surface area contributed by atoms with Crippen molar-refractivity contribution in [3.8, 4) is 0 Å². The molecule has 0 bridgehead atoms. The van der Waals surface area contributed by atoms with Crippen LogP contribution in [0.5, 0.6) is 0 Å². The Bertz CT molecular complexity index is 561. The monoisotopic (exact) mass is 309 g/mol. The van der Waals surface area contributed by atoms with E-state index >= 15 is 0 Å². The fraction of sp³-hybridized carbons (Fsp3) is 0.385. The fourth-order valence-electron chi connectivity index (χ4n) is 1.74. The van der Waals surface area contributed by atoms with Gasteiger partial charge in [-0.05, 0) is 19.1 Å². The number of aryl methyl sites for hydroxylation is 1. The van der Waals surface area contributed by atoms with E-state index in [2.05, 4.69) is 10.9 Å². The summed E-state index contributed by atoms with van der Waals surface area (Å²) in [5.74, 6) is -1.34. The number of nitro groups is 1. The number of carbonyl (C=O) groups excluding carboxylic acids is 2. The molecule has 2 atom stereocenters. The molecule has 0 unspecified atom stereocenters. The molecule has 0 spiro atoms. The Hall–Kier alpha value is -2.09. The van der Waals surface area contributed by atoms with Crippen LogP contribution in [-0.2, 0) is 9.59 Å². The molecule has 112 valence electrons. The van der Waals surface area contributed by atoms with Crippen LogP contribution in [0, 0.1) is 23.0 Å². The maximum absolute atomic E-state index is 11.6. The van der Waals surface area contributed by atoms with Gasteiger partial charge in [-0.25, -0.2) is 0 Å². The molecular weight excluding hydrogens is 294 g/mol. The molecule has 1 aliphatic rings. The van der Waals surface area contributed by atoms with Crippen LogP contribution in [0.15, 0.2) is 29.2 Å². The largest absolute Gasteiger partial charge is 0.273 e. The number of hydrogen-bond donors (Lipinski definition) is 2.